The maximum Gasteiger partial charge on any atom is 0.342 e. The fourth-order valence-corrected chi connectivity index (χ4v) is 4.28. The molecule has 1 aliphatic heterocycles. The van der Waals surface area contributed by atoms with Crippen LogP contribution in [-0.4, -0.2) is 55.1 Å². The van der Waals surface area contributed by atoms with Crippen LogP contribution in [0, 0.1) is 11.7 Å². The number of carbonyl (C=O) groups excluding carboxylic acids is 3. The molecule has 0 atom stereocenters. The highest BCUT2D eigenvalue weighted by Gasteiger charge is 2.51. The van der Waals surface area contributed by atoms with Gasteiger partial charge in [-0.1, -0.05) is 6.07 Å². The molecular formula is C24H28FN5O4. The number of benzene rings is 1. The number of nitrogens with one attached hydrogen (secondary N) is 2. The molecule has 0 spiro atoms. The van der Waals surface area contributed by atoms with Crippen LogP contribution in [-0.2, 0) is 9.53 Å². The van der Waals surface area contributed by atoms with E-state index < -0.39 is 17.3 Å². The predicted molar refractivity (Wildman–Crippen MR) is 124 cm³/mol. The Bertz CT molecular complexity index is 1100. The van der Waals surface area contributed by atoms with Gasteiger partial charge in [0.05, 0.1) is 12.8 Å². The highest BCUT2D eigenvalue weighted by atomic mass is 19.1. The number of piperidine rings is 1. The highest BCUT2D eigenvalue weighted by Crippen LogP contribution is 2.36. The zero-order chi connectivity index (χ0) is 24.3. The third-order valence-corrected chi connectivity index (χ3v) is 6.47. The number of pyridine rings is 1. The average Bonchev–Trinajstić information content (AvgIpc) is 3.63. The fourth-order valence-electron chi connectivity index (χ4n) is 4.28. The standard InChI is InChI=1S/C24H28FN5O4/c1-34-22(32)20-17(25)3-2-4-18(20)30-11-6-15(7-12-30)14-28-23(33)24(8-9-24)29-21(31)16-5-10-27-19(26)13-16/h2-5,10,13,15H,6-9,11-12,14H2,1H3,(H2,26,27)(H,28,33)(H,29,31). The number of carbonyl (C=O) groups is 3. The number of ether oxygens (including phenoxy) is 1. The van der Waals surface area contributed by atoms with Gasteiger partial charge in [-0.25, -0.2) is 14.2 Å². The number of methoxy groups -OCH3 is 1. The minimum absolute atomic E-state index is 0.0564. The van der Waals surface area contributed by atoms with Crippen LogP contribution >= 0.6 is 0 Å². The summed E-state index contributed by atoms with van der Waals surface area (Å²) in [5.74, 6) is -1.37. The number of rotatable bonds is 7. The van der Waals surface area contributed by atoms with Gasteiger partial charge in [-0.15, -0.1) is 0 Å². The van der Waals surface area contributed by atoms with Crippen LogP contribution in [0.5, 0.6) is 0 Å². The molecule has 2 aromatic rings. The van der Waals surface area contributed by atoms with Gasteiger partial charge >= 0.3 is 5.97 Å². The average molecular weight is 470 g/mol. The first-order valence-electron chi connectivity index (χ1n) is 11.3. The molecular weight excluding hydrogens is 441 g/mol. The van der Waals surface area contributed by atoms with Crippen LogP contribution in [0.2, 0.25) is 0 Å². The first-order valence-corrected chi connectivity index (χ1v) is 11.3. The summed E-state index contributed by atoms with van der Waals surface area (Å²) in [7, 11) is 1.23. The van der Waals surface area contributed by atoms with E-state index in [2.05, 4.69) is 15.6 Å². The van der Waals surface area contributed by atoms with E-state index in [-0.39, 0.29) is 29.1 Å². The van der Waals surface area contributed by atoms with Crippen molar-refractivity contribution in [2.24, 2.45) is 5.92 Å². The van der Waals surface area contributed by atoms with E-state index in [1.54, 1.807) is 18.2 Å². The molecule has 1 aliphatic carbocycles. The molecule has 2 amide bonds. The number of hydrogen-bond acceptors (Lipinski definition) is 7. The number of hydrogen-bond donors (Lipinski definition) is 3. The molecule has 180 valence electrons. The third kappa shape index (κ3) is 4.95. The van der Waals surface area contributed by atoms with Gasteiger partial charge in [0.2, 0.25) is 5.91 Å². The Hall–Kier alpha value is -3.69. The van der Waals surface area contributed by atoms with Crippen molar-refractivity contribution in [1.29, 1.82) is 0 Å². The van der Waals surface area contributed by atoms with E-state index in [9.17, 15) is 18.8 Å². The minimum atomic E-state index is -0.882. The molecule has 0 bridgehead atoms. The Morgan fingerprint density at radius 1 is 1.24 bits per heavy atom. The molecule has 2 aliphatic rings. The number of anilines is 2. The largest absolute Gasteiger partial charge is 0.465 e. The number of amides is 2. The summed E-state index contributed by atoms with van der Waals surface area (Å²) in [6, 6.07) is 7.56. The van der Waals surface area contributed by atoms with E-state index in [0.29, 0.717) is 43.7 Å². The molecule has 0 unspecified atom stereocenters. The molecule has 34 heavy (non-hydrogen) atoms. The molecule has 4 N–H and O–H groups in total. The van der Waals surface area contributed by atoms with Crippen molar-refractivity contribution in [3.8, 4) is 0 Å². The summed E-state index contributed by atoms with van der Waals surface area (Å²) in [5.41, 5.74) is 5.58. The van der Waals surface area contributed by atoms with Crippen molar-refractivity contribution < 1.29 is 23.5 Å². The molecule has 2 heterocycles. The van der Waals surface area contributed by atoms with E-state index in [4.69, 9.17) is 10.5 Å². The molecule has 1 saturated heterocycles. The Kier molecular flexibility index (Phi) is 6.67. The number of esters is 1. The second kappa shape index (κ2) is 9.66. The van der Waals surface area contributed by atoms with Gasteiger partial charge in [-0.2, -0.15) is 0 Å². The van der Waals surface area contributed by atoms with Crippen LogP contribution in [0.25, 0.3) is 0 Å². The lowest BCUT2D eigenvalue weighted by atomic mass is 9.95. The van der Waals surface area contributed by atoms with Crippen molar-refractivity contribution in [3.05, 3.63) is 53.5 Å². The molecule has 1 aromatic carbocycles. The van der Waals surface area contributed by atoms with E-state index in [1.165, 1.54) is 25.4 Å². The second-order valence-electron chi connectivity index (χ2n) is 8.77. The molecule has 2 fully saturated rings. The maximum absolute atomic E-state index is 14.3. The minimum Gasteiger partial charge on any atom is -0.465 e. The Morgan fingerprint density at radius 2 is 1.97 bits per heavy atom. The topological polar surface area (TPSA) is 127 Å². The van der Waals surface area contributed by atoms with Crippen molar-refractivity contribution >= 4 is 29.3 Å². The summed E-state index contributed by atoms with van der Waals surface area (Å²) in [6.45, 7) is 1.73. The van der Waals surface area contributed by atoms with Crippen molar-refractivity contribution in [2.75, 3.05) is 37.4 Å². The number of nitrogens with two attached hydrogens (primary N) is 1. The quantitative estimate of drug-likeness (QED) is 0.529. The maximum atomic E-state index is 14.3. The van der Waals surface area contributed by atoms with Crippen LogP contribution in [0.1, 0.15) is 46.4 Å². The van der Waals surface area contributed by atoms with Gasteiger partial charge in [0.25, 0.3) is 5.91 Å². The normalized spacial score (nSPS) is 17.1. The van der Waals surface area contributed by atoms with Crippen molar-refractivity contribution in [3.63, 3.8) is 0 Å². The SMILES string of the molecule is COC(=O)c1c(F)cccc1N1CCC(CNC(=O)C2(NC(=O)c3ccnc(N)c3)CC2)CC1. The Balaban J connectivity index is 1.29. The Labute approximate surface area is 196 Å². The van der Waals surface area contributed by atoms with Crippen LogP contribution < -0.4 is 21.3 Å². The fraction of sp³-hybridized carbons (Fsp3) is 0.417. The highest BCUT2D eigenvalue weighted by molar-refractivity contribution is 6.01. The van der Waals surface area contributed by atoms with Crippen LogP contribution in [0.4, 0.5) is 15.9 Å². The van der Waals surface area contributed by atoms with Crippen molar-refractivity contribution in [2.45, 2.75) is 31.2 Å². The lowest BCUT2D eigenvalue weighted by Gasteiger charge is -2.34. The van der Waals surface area contributed by atoms with Gasteiger partial charge in [0, 0.05) is 31.4 Å². The summed E-state index contributed by atoms with van der Waals surface area (Å²) >= 11 is 0. The molecule has 1 aromatic heterocycles. The second-order valence-corrected chi connectivity index (χ2v) is 8.77. The molecule has 0 radical (unpaired) electrons. The number of nitrogens with zero attached hydrogens (tertiary/aromatic N) is 2. The number of halogens is 1. The van der Waals surface area contributed by atoms with Gasteiger partial charge in [0.15, 0.2) is 0 Å². The van der Waals surface area contributed by atoms with Gasteiger partial charge in [-0.05, 0) is 55.9 Å². The first kappa shape index (κ1) is 23.5. The van der Waals surface area contributed by atoms with Gasteiger partial charge < -0.3 is 26.0 Å². The van der Waals surface area contributed by atoms with E-state index in [1.807, 2.05) is 4.90 Å². The van der Waals surface area contributed by atoms with E-state index in [0.717, 1.165) is 12.8 Å². The molecule has 9 nitrogen and oxygen atoms in total. The molecule has 4 rings (SSSR count). The van der Waals surface area contributed by atoms with Gasteiger partial charge in [-0.3, -0.25) is 9.59 Å². The first-order chi connectivity index (χ1) is 16.3. The van der Waals surface area contributed by atoms with Crippen LogP contribution in [0.15, 0.2) is 36.5 Å². The summed E-state index contributed by atoms with van der Waals surface area (Å²) < 4.78 is 19.0. The smallest absolute Gasteiger partial charge is 0.342 e. The van der Waals surface area contributed by atoms with Crippen molar-refractivity contribution in [1.82, 2.24) is 15.6 Å². The zero-order valence-electron chi connectivity index (χ0n) is 19.0. The number of aromatic nitrogens is 1. The molecule has 10 heteroatoms. The third-order valence-electron chi connectivity index (χ3n) is 6.47. The van der Waals surface area contributed by atoms with Crippen LogP contribution in [0.3, 0.4) is 0 Å². The predicted octanol–water partition coefficient (Wildman–Crippen LogP) is 1.88. The summed E-state index contributed by atoms with van der Waals surface area (Å²) in [5, 5.41) is 5.82. The lowest BCUT2D eigenvalue weighted by Crippen LogP contribution is -2.50. The molecule has 1 saturated carbocycles. The number of nitrogen functional groups attached to an aromatic ring is 1. The lowest BCUT2D eigenvalue weighted by molar-refractivity contribution is -0.124. The zero-order valence-corrected chi connectivity index (χ0v) is 19.0. The monoisotopic (exact) mass is 469 g/mol. The van der Waals surface area contributed by atoms with E-state index >= 15 is 0 Å². The summed E-state index contributed by atoms with van der Waals surface area (Å²) in [4.78, 5) is 43.2. The summed E-state index contributed by atoms with van der Waals surface area (Å²) in [6.07, 6.45) is 4.16. The Morgan fingerprint density at radius 3 is 2.62 bits per heavy atom. The van der Waals surface area contributed by atoms with Gasteiger partial charge in [0.1, 0.15) is 22.7 Å².